The van der Waals surface area contributed by atoms with Crippen molar-refractivity contribution in [2.45, 2.75) is 56.5 Å². The highest BCUT2D eigenvalue weighted by atomic mass is 35.5. The van der Waals surface area contributed by atoms with E-state index in [4.69, 9.17) is 28.9 Å². The van der Waals surface area contributed by atoms with Gasteiger partial charge in [0.1, 0.15) is 0 Å². The average molecular weight is 474 g/mol. The number of carbonyl (C=O) groups excluding carboxylic acids is 1. The van der Waals surface area contributed by atoms with Crippen LogP contribution in [0, 0.1) is 11.8 Å². The van der Waals surface area contributed by atoms with Gasteiger partial charge in [0, 0.05) is 5.92 Å². The number of benzene rings is 1. The number of nitrogen functional groups attached to an aromatic ring is 1. The van der Waals surface area contributed by atoms with Gasteiger partial charge in [-0.2, -0.15) is 15.0 Å². The highest BCUT2D eigenvalue weighted by molar-refractivity contribution is 7.89. The number of aromatic nitrogens is 3. The second kappa shape index (κ2) is 9.64. The Kier molecular flexibility index (Phi) is 7.38. The van der Waals surface area contributed by atoms with Crippen LogP contribution in [0.25, 0.3) is 0 Å². The average Bonchev–Trinajstić information content (AvgIpc) is 3.22. The number of halogens is 2. The summed E-state index contributed by atoms with van der Waals surface area (Å²) >= 11 is 12.0. The molecule has 3 rings (SSSR count). The number of hydrogen-bond donors (Lipinski definition) is 2. The fraction of sp³-hybridized carbons (Fsp3) is 0.526. The Morgan fingerprint density at radius 2 is 1.77 bits per heavy atom. The molecule has 1 aromatic heterocycles. The second-order valence-corrected chi connectivity index (χ2v) is 10.3. The molecule has 0 saturated heterocycles. The predicted molar refractivity (Wildman–Crippen MR) is 116 cm³/mol. The third-order valence-electron chi connectivity index (χ3n) is 5.51. The van der Waals surface area contributed by atoms with Gasteiger partial charge in [-0.05, 0) is 37.3 Å². The van der Waals surface area contributed by atoms with E-state index in [-0.39, 0.29) is 38.8 Å². The Morgan fingerprint density at radius 3 is 2.33 bits per heavy atom. The fourth-order valence-electron chi connectivity index (χ4n) is 3.66. The van der Waals surface area contributed by atoms with Crippen LogP contribution >= 0.6 is 23.2 Å². The third kappa shape index (κ3) is 5.51. The Labute approximate surface area is 186 Å². The standard InChI is InChI=1S/C19H25Cl2N5O3S/c1-12-2-4-13(5-3-12)19(27)17(6-9-26-23-7-8-24-26)25-30(28,29)14-10-15(20)18(22)16(21)11-14/h7-8,10-13,17,25H,2-6,9,22H2,1H3. The van der Waals surface area contributed by atoms with Crippen LogP contribution in [0.2, 0.25) is 10.0 Å². The van der Waals surface area contributed by atoms with Crippen molar-refractivity contribution in [2.24, 2.45) is 11.8 Å². The molecule has 1 atom stereocenters. The lowest BCUT2D eigenvalue weighted by Gasteiger charge is -2.28. The molecule has 0 spiro atoms. The number of carbonyl (C=O) groups is 1. The minimum absolute atomic E-state index is 0.0350. The van der Waals surface area contributed by atoms with Crippen LogP contribution < -0.4 is 10.5 Å². The molecule has 0 bridgehead atoms. The minimum Gasteiger partial charge on any atom is -0.396 e. The zero-order valence-electron chi connectivity index (χ0n) is 16.6. The van der Waals surface area contributed by atoms with Crippen LogP contribution in [0.1, 0.15) is 39.0 Å². The van der Waals surface area contributed by atoms with Gasteiger partial charge in [-0.1, -0.05) is 43.0 Å². The van der Waals surface area contributed by atoms with E-state index >= 15 is 0 Å². The molecule has 1 fully saturated rings. The lowest BCUT2D eigenvalue weighted by Crippen LogP contribution is -2.44. The van der Waals surface area contributed by atoms with Crippen molar-refractivity contribution in [2.75, 3.05) is 5.73 Å². The van der Waals surface area contributed by atoms with Crippen LogP contribution in [-0.2, 0) is 21.4 Å². The zero-order chi connectivity index (χ0) is 21.9. The van der Waals surface area contributed by atoms with Crippen molar-refractivity contribution < 1.29 is 13.2 Å². The Morgan fingerprint density at radius 1 is 1.20 bits per heavy atom. The van der Waals surface area contributed by atoms with E-state index in [1.165, 1.54) is 29.3 Å². The summed E-state index contributed by atoms with van der Waals surface area (Å²) in [5.74, 6) is 0.305. The number of nitrogens with two attached hydrogens (primary N) is 1. The van der Waals surface area contributed by atoms with Crippen molar-refractivity contribution in [3.8, 4) is 0 Å². The highest BCUT2D eigenvalue weighted by Gasteiger charge is 2.33. The van der Waals surface area contributed by atoms with Gasteiger partial charge in [-0.25, -0.2) is 13.1 Å². The van der Waals surface area contributed by atoms with Crippen molar-refractivity contribution in [3.05, 3.63) is 34.6 Å². The van der Waals surface area contributed by atoms with Crippen LogP contribution in [0.5, 0.6) is 0 Å². The number of Topliss-reactive ketones (excluding diaryl/α,β-unsaturated/α-hetero) is 1. The molecule has 1 aliphatic rings. The molecule has 1 unspecified atom stereocenters. The molecule has 164 valence electrons. The quantitative estimate of drug-likeness (QED) is 0.567. The fourth-order valence-corrected chi connectivity index (χ4v) is 5.57. The lowest BCUT2D eigenvalue weighted by molar-refractivity contribution is -0.125. The number of aryl methyl sites for hydroxylation is 1. The van der Waals surface area contributed by atoms with Crippen molar-refractivity contribution in [1.29, 1.82) is 0 Å². The van der Waals surface area contributed by atoms with E-state index in [1.54, 1.807) is 0 Å². The molecule has 0 radical (unpaired) electrons. The summed E-state index contributed by atoms with van der Waals surface area (Å²) in [5, 5.41) is 8.12. The number of nitrogens with zero attached hydrogens (tertiary/aromatic N) is 3. The molecule has 1 heterocycles. The summed E-state index contributed by atoms with van der Waals surface area (Å²) in [5.41, 5.74) is 5.81. The van der Waals surface area contributed by atoms with Gasteiger partial charge in [0.15, 0.2) is 5.78 Å². The maximum absolute atomic E-state index is 13.2. The largest absolute Gasteiger partial charge is 0.396 e. The molecule has 0 amide bonds. The maximum atomic E-state index is 13.2. The van der Waals surface area contributed by atoms with Gasteiger partial charge in [0.25, 0.3) is 0 Å². The molecule has 8 nitrogen and oxygen atoms in total. The second-order valence-electron chi connectivity index (χ2n) is 7.75. The molecule has 1 saturated carbocycles. The summed E-state index contributed by atoms with van der Waals surface area (Å²) < 4.78 is 28.5. The van der Waals surface area contributed by atoms with E-state index in [0.29, 0.717) is 12.5 Å². The van der Waals surface area contributed by atoms with Gasteiger partial charge in [-0.15, -0.1) is 0 Å². The number of nitrogens with one attached hydrogen (secondary N) is 1. The number of sulfonamides is 1. The van der Waals surface area contributed by atoms with E-state index in [9.17, 15) is 13.2 Å². The van der Waals surface area contributed by atoms with E-state index in [0.717, 1.165) is 25.7 Å². The van der Waals surface area contributed by atoms with Crippen LogP contribution in [0.4, 0.5) is 5.69 Å². The highest BCUT2D eigenvalue weighted by Crippen LogP contribution is 2.32. The van der Waals surface area contributed by atoms with Crippen molar-refractivity contribution in [1.82, 2.24) is 19.7 Å². The summed E-state index contributed by atoms with van der Waals surface area (Å²) in [6.45, 7) is 2.47. The molecule has 11 heteroatoms. The molecular weight excluding hydrogens is 449 g/mol. The molecule has 0 aliphatic heterocycles. The van der Waals surface area contributed by atoms with Gasteiger partial charge >= 0.3 is 0 Å². The summed E-state index contributed by atoms with van der Waals surface area (Å²) in [4.78, 5) is 14.5. The first-order chi connectivity index (χ1) is 14.2. The SMILES string of the molecule is CC1CCC(C(=O)C(CCn2nccn2)NS(=O)(=O)c2cc(Cl)c(N)c(Cl)c2)CC1. The Bertz CT molecular complexity index is 967. The molecular formula is C19H25Cl2N5O3S. The monoisotopic (exact) mass is 473 g/mol. The Hall–Kier alpha value is -1.68. The van der Waals surface area contributed by atoms with Crippen molar-refractivity contribution in [3.63, 3.8) is 0 Å². The molecule has 30 heavy (non-hydrogen) atoms. The van der Waals surface area contributed by atoms with Gasteiger partial charge < -0.3 is 5.73 Å². The summed E-state index contributed by atoms with van der Waals surface area (Å²) in [6.07, 6.45) is 6.73. The van der Waals surface area contributed by atoms with E-state index in [1.807, 2.05) is 0 Å². The minimum atomic E-state index is -4.05. The Balaban J connectivity index is 1.82. The molecule has 2 aromatic rings. The smallest absolute Gasteiger partial charge is 0.241 e. The maximum Gasteiger partial charge on any atom is 0.241 e. The lowest BCUT2D eigenvalue weighted by atomic mass is 9.79. The topological polar surface area (TPSA) is 120 Å². The van der Waals surface area contributed by atoms with E-state index in [2.05, 4.69) is 21.8 Å². The molecule has 1 aromatic carbocycles. The number of hydrogen-bond acceptors (Lipinski definition) is 6. The van der Waals surface area contributed by atoms with Gasteiger partial charge in [0.2, 0.25) is 10.0 Å². The van der Waals surface area contributed by atoms with Crippen LogP contribution in [0.15, 0.2) is 29.4 Å². The molecule has 1 aliphatic carbocycles. The summed E-state index contributed by atoms with van der Waals surface area (Å²) in [7, 11) is -4.05. The van der Waals surface area contributed by atoms with Gasteiger partial charge in [0.05, 0.1) is 45.6 Å². The summed E-state index contributed by atoms with van der Waals surface area (Å²) in [6, 6.07) is 1.54. The van der Waals surface area contributed by atoms with E-state index < -0.39 is 16.1 Å². The zero-order valence-corrected chi connectivity index (χ0v) is 18.9. The van der Waals surface area contributed by atoms with Gasteiger partial charge in [-0.3, -0.25) is 4.79 Å². The predicted octanol–water partition coefficient (Wildman–Crippen LogP) is 3.30. The molecule has 3 N–H and O–H groups in total. The number of anilines is 1. The van der Waals surface area contributed by atoms with Crippen LogP contribution in [0.3, 0.4) is 0 Å². The number of rotatable bonds is 8. The van der Waals surface area contributed by atoms with Crippen LogP contribution in [-0.4, -0.2) is 35.2 Å². The first kappa shape index (κ1) is 23.0. The first-order valence-corrected chi connectivity index (χ1v) is 12.1. The first-order valence-electron chi connectivity index (χ1n) is 9.82. The normalized spacial score (nSPS) is 20.8. The third-order valence-corrected chi connectivity index (χ3v) is 7.58. The number of ketones is 1. The van der Waals surface area contributed by atoms with Crippen molar-refractivity contribution >= 4 is 44.7 Å².